The molecule has 0 aliphatic heterocycles. The summed E-state index contributed by atoms with van der Waals surface area (Å²) in [4.78, 5) is 29.1. The largest absolute Gasteiger partial charge is 0.459 e. The molecule has 0 saturated carbocycles. The normalized spacial score (nSPS) is 10.9. The minimum atomic E-state index is -0.329. The van der Waals surface area contributed by atoms with Crippen LogP contribution in [0.5, 0.6) is 0 Å². The summed E-state index contributed by atoms with van der Waals surface area (Å²) in [5, 5.41) is 0. The number of rotatable bonds is 7. The fourth-order valence-corrected chi connectivity index (χ4v) is 3.55. The van der Waals surface area contributed by atoms with Crippen LogP contribution >= 0.6 is 0 Å². The number of nitrogens with zero attached hydrogens (tertiary/aromatic N) is 1. The number of pyridine rings is 1. The van der Waals surface area contributed by atoms with Crippen LogP contribution in [0.3, 0.4) is 0 Å². The molecule has 0 N–H and O–H groups in total. The van der Waals surface area contributed by atoms with E-state index in [4.69, 9.17) is 16.1 Å². The van der Waals surface area contributed by atoms with Gasteiger partial charge >= 0.3 is 5.97 Å². The van der Waals surface area contributed by atoms with E-state index in [1.807, 2.05) is 75.4 Å². The predicted octanol–water partition coefficient (Wildman–Crippen LogP) is 6.39. The first kappa shape index (κ1) is 23.7. The van der Waals surface area contributed by atoms with Gasteiger partial charge in [-0.05, 0) is 63.1 Å². The van der Waals surface area contributed by atoms with Crippen molar-refractivity contribution in [2.75, 3.05) is 0 Å². The van der Waals surface area contributed by atoms with Crippen molar-refractivity contribution in [3.8, 4) is 34.7 Å². The lowest BCUT2D eigenvalue weighted by atomic mass is 9.96. The van der Waals surface area contributed by atoms with Crippen molar-refractivity contribution in [1.29, 1.82) is 0 Å². The van der Waals surface area contributed by atoms with Gasteiger partial charge in [-0.25, -0.2) is 9.78 Å². The van der Waals surface area contributed by atoms with Crippen LogP contribution in [0.1, 0.15) is 59.7 Å². The fraction of sp³-hybridized carbons (Fsp3) is 0.207. The summed E-state index contributed by atoms with van der Waals surface area (Å²) in [5.41, 5.74) is 6.22. The SMILES string of the molecule is C#CCc1c(C(C)=O)cc(-c2ccc(-c3ccc(C(=O)OC(C)C)cc3)cc2)nc1/C=C\C. The summed E-state index contributed by atoms with van der Waals surface area (Å²) in [6.07, 6.45) is 9.48. The zero-order chi connectivity index (χ0) is 24.0. The molecular weight excluding hydrogens is 410 g/mol. The van der Waals surface area contributed by atoms with Crippen molar-refractivity contribution in [3.63, 3.8) is 0 Å². The Balaban J connectivity index is 1.93. The summed E-state index contributed by atoms with van der Waals surface area (Å²) >= 11 is 0. The summed E-state index contributed by atoms with van der Waals surface area (Å²) in [7, 11) is 0. The second kappa shape index (κ2) is 10.6. The van der Waals surface area contributed by atoms with Crippen molar-refractivity contribution in [3.05, 3.63) is 83.1 Å². The molecule has 0 fully saturated rings. The second-order valence-electron chi connectivity index (χ2n) is 7.96. The van der Waals surface area contributed by atoms with Crippen molar-refractivity contribution in [2.45, 2.75) is 40.2 Å². The van der Waals surface area contributed by atoms with Crippen LogP contribution in [0, 0.1) is 12.3 Å². The molecule has 0 aliphatic rings. The Hall–Kier alpha value is -3.97. The number of Topliss-reactive ketones (excluding diaryl/α,β-unsaturated/α-hetero) is 1. The smallest absolute Gasteiger partial charge is 0.338 e. The minimum absolute atomic E-state index is 0.0395. The third-order valence-corrected chi connectivity index (χ3v) is 5.12. The van der Waals surface area contributed by atoms with E-state index in [1.165, 1.54) is 0 Å². The van der Waals surface area contributed by atoms with Gasteiger partial charge in [-0.2, -0.15) is 0 Å². The molecule has 0 atom stereocenters. The van der Waals surface area contributed by atoms with E-state index in [9.17, 15) is 9.59 Å². The Morgan fingerprint density at radius 3 is 2.12 bits per heavy atom. The topological polar surface area (TPSA) is 56.3 Å². The number of terminal acetylenes is 1. The Labute approximate surface area is 195 Å². The molecule has 0 aliphatic carbocycles. The zero-order valence-electron chi connectivity index (χ0n) is 19.4. The van der Waals surface area contributed by atoms with Gasteiger partial charge in [0.2, 0.25) is 0 Å². The Morgan fingerprint density at radius 2 is 1.61 bits per heavy atom. The number of ketones is 1. The molecule has 3 rings (SSSR count). The highest BCUT2D eigenvalue weighted by molar-refractivity contribution is 5.97. The average Bonchev–Trinajstić information content (AvgIpc) is 2.80. The summed E-state index contributed by atoms with van der Waals surface area (Å²) in [6, 6.07) is 17.1. The van der Waals surface area contributed by atoms with Gasteiger partial charge < -0.3 is 4.74 Å². The molecule has 0 saturated heterocycles. The van der Waals surface area contributed by atoms with Crippen molar-refractivity contribution in [1.82, 2.24) is 4.98 Å². The highest BCUT2D eigenvalue weighted by atomic mass is 16.5. The van der Waals surface area contributed by atoms with Crippen LogP contribution in [-0.4, -0.2) is 22.8 Å². The van der Waals surface area contributed by atoms with Crippen LogP contribution in [0.25, 0.3) is 28.5 Å². The van der Waals surface area contributed by atoms with E-state index in [0.29, 0.717) is 28.9 Å². The number of benzene rings is 2. The molecule has 1 aromatic heterocycles. The van der Waals surface area contributed by atoms with E-state index in [0.717, 1.165) is 22.3 Å². The van der Waals surface area contributed by atoms with E-state index in [1.54, 1.807) is 19.1 Å². The fourth-order valence-electron chi connectivity index (χ4n) is 3.55. The summed E-state index contributed by atoms with van der Waals surface area (Å²) in [5.74, 6) is 2.26. The van der Waals surface area contributed by atoms with Gasteiger partial charge in [0.05, 0.1) is 23.1 Å². The molecule has 166 valence electrons. The van der Waals surface area contributed by atoms with Gasteiger partial charge in [-0.3, -0.25) is 4.79 Å². The van der Waals surface area contributed by atoms with Gasteiger partial charge in [0.1, 0.15) is 0 Å². The molecule has 0 amide bonds. The number of carbonyl (C=O) groups is 2. The lowest BCUT2D eigenvalue weighted by Crippen LogP contribution is -2.11. The molecule has 4 heteroatoms. The Kier molecular flexibility index (Phi) is 7.58. The molecule has 0 radical (unpaired) electrons. The van der Waals surface area contributed by atoms with Crippen LogP contribution < -0.4 is 0 Å². The van der Waals surface area contributed by atoms with E-state index >= 15 is 0 Å². The van der Waals surface area contributed by atoms with Crippen molar-refractivity contribution < 1.29 is 14.3 Å². The van der Waals surface area contributed by atoms with Crippen LogP contribution in [0.15, 0.2) is 60.7 Å². The van der Waals surface area contributed by atoms with E-state index in [-0.39, 0.29) is 17.9 Å². The maximum absolute atomic E-state index is 12.3. The predicted molar refractivity (Wildman–Crippen MR) is 133 cm³/mol. The first-order valence-corrected chi connectivity index (χ1v) is 10.9. The first-order chi connectivity index (χ1) is 15.8. The van der Waals surface area contributed by atoms with Crippen LogP contribution in [0.4, 0.5) is 0 Å². The monoisotopic (exact) mass is 437 g/mol. The molecule has 0 bridgehead atoms. The average molecular weight is 438 g/mol. The molecular formula is C29H27NO3. The maximum atomic E-state index is 12.3. The maximum Gasteiger partial charge on any atom is 0.338 e. The lowest BCUT2D eigenvalue weighted by molar-refractivity contribution is 0.0378. The van der Waals surface area contributed by atoms with Crippen LogP contribution in [-0.2, 0) is 11.2 Å². The lowest BCUT2D eigenvalue weighted by Gasteiger charge is -2.12. The zero-order valence-corrected chi connectivity index (χ0v) is 19.4. The molecule has 2 aromatic carbocycles. The van der Waals surface area contributed by atoms with Gasteiger partial charge in [0.25, 0.3) is 0 Å². The van der Waals surface area contributed by atoms with Crippen molar-refractivity contribution >= 4 is 17.8 Å². The molecule has 33 heavy (non-hydrogen) atoms. The number of hydrogen-bond acceptors (Lipinski definition) is 4. The van der Waals surface area contributed by atoms with Crippen molar-refractivity contribution in [2.24, 2.45) is 0 Å². The number of hydrogen-bond donors (Lipinski definition) is 0. The molecule has 0 unspecified atom stereocenters. The van der Waals surface area contributed by atoms with E-state index in [2.05, 4.69) is 5.92 Å². The molecule has 1 heterocycles. The van der Waals surface area contributed by atoms with Gasteiger partial charge in [-0.1, -0.05) is 42.5 Å². The number of carbonyl (C=O) groups excluding carboxylic acids is 2. The Bertz CT molecular complexity index is 1230. The number of allylic oxidation sites excluding steroid dienone is 1. The molecule has 3 aromatic rings. The van der Waals surface area contributed by atoms with Gasteiger partial charge in [0, 0.05) is 23.1 Å². The summed E-state index contributed by atoms with van der Waals surface area (Å²) < 4.78 is 5.24. The third-order valence-electron chi connectivity index (χ3n) is 5.12. The van der Waals surface area contributed by atoms with E-state index < -0.39 is 0 Å². The minimum Gasteiger partial charge on any atom is -0.459 e. The second-order valence-corrected chi connectivity index (χ2v) is 7.96. The third kappa shape index (κ3) is 5.64. The number of ether oxygens (including phenoxy) is 1. The summed E-state index contributed by atoms with van der Waals surface area (Å²) in [6.45, 7) is 7.10. The first-order valence-electron chi connectivity index (χ1n) is 10.9. The van der Waals surface area contributed by atoms with Gasteiger partial charge in [-0.15, -0.1) is 12.3 Å². The Morgan fingerprint density at radius 1 is 1.03 bits per heavy atom. The number of aromatic nitrogens is 1. The van der Waals surface area contributed by atoms with Gasteiger partial charge in [0.15, 0.2) is 5.78 Å². The highest BCUT2D eigenvalue weighted by Gasteiger charge is 2.15. The van der Waals surface area contributed by atoms with Crippen LogP contribution in [0.2, 0.25) is 0 Å². The molecule has 4 nitrogen and oxygen atoms in total. The number of esters is 1. The highest BCUT2D eigenvalue weighted by Crippen LogP contribution is 2.28. The molecule has 0 spiro atoms. The standard InChI is InChI=1S/C29H27NO3/c1-6-8-25-26(20(5)31)18-28(30-27(25)9-7-2)23-14-10-21(11-15-23)22-12-16-24(17-13-22)29(32)33-19(3)4/h1,7,9-19H,8H2,2-5H3/b9-7-. The quantitative estimate of drug-likeness (QED) is 0.244.